The van der Waals surface area contributed by atoms with Crippen LogP contribution in [0.3, 0.4) is 0 Å². The maximum Gasteiger partial charge on any atom is 0.104 e. The normalized spacial score (nSPS) is 25.1. The second kappa shape index (κ2) is 31.8. The van der Waals surface area contributed by atoms with Crippen LogP contribution in [0, 0.1) is 41.5 Å². The molecule has 0 N–H and O–H groups in total. The fraction of sp³-hybridized carbons (Fsp3) is 0.404. The van der Waals surface area contributed by atoms with Gasteiger partial charge in [0.1, 0.15) is 49.3 Å². The van der Waals surface area contributed by atoms with Gasteiger partial charge >= 0.3 is 0 Å². The zero-order valence-electron chi connectivity index (χ0n) is 85.8. The van der Waals surface area contributed by atoms with Crippen molar-refractivity contribution in [3.8, 4) is 0 Å². The Kier molecular flexibility index (Phi) is 16.7. The first-order valence-electron chi connectivity index (χ1n) is 47.7. The monoisotopic (exact) mass is 1500 g/mol. The summed E-state index contributed by atoms with van der Waals surface area (Å²) >= 11 is 0. The van der Waals surface area contributed by atoms with Crippen LogP contribution in [0.2, 0.25) is 0 Å². The number of fused-ring (bicyclic) bond motifs is 4. The average Bonchev–Trinajstić information content (AvgIpc) is 1.63. The highest BCUT2D eigenvalue weighted by atomic mass is 15.5. The van der Waals surface area contributed by atoms with Gasteiger partial charge < -0.3 is 78.4 Å². The molecule has 0 spiro atoms. The minimum atomic E-state index is -3.11. The molecule has 8 aromatic rings. The Balaban J connectivity index is 0.000000146. The molecule has 0 radical (unpaired) electrons. The zero-order valence-corrected chi connectivity index (χ0v) is 67.8. The predicted molar refractivity (Wildman–Crippen MR) is 472 cm³/mol. The van der Waals surface area contributed by atoms with Crippen molar-refractivity contribution in [2.75, 3.05) is 99.0 Å². The predicted octanol–water partition coefficient (Wildman–Crippen LogP) is 21.7. The van der Waals surface area contributed by atoms with Gasteiger partial charge in [-0.15, -0.1) is 0 Å². The summed E-state index contributed by atoms with van der Waals surface area (Å²) in [5.74, 6) is 0. The fourth-order valence-electron chi connectivity index (χ4n) is 17.4. The SMILES string of the molecule is CCN1c2ccccc2N(c2cccc(N3c4ccccc4N(CC)[C@@H]3C)c2C)[C@@H]1C.Cc1c(N2c3ccccc3N(C)[C@H]2C)cccc1N1c2ccccc2N(C)[C@@H]1C.[2H]C([2H])(C)N1C=CN(c2cc(C)cc(N3C=CN(C([2H])([2H])C([2H])([2H])[2H])[C@H]3C)c2C)[C@H]1C.[2H]C([2H])([2H])C([2H])(C)N1C=CN(c2cc(C)cc(N3C=CN(C([2H])(C([2H])([2H])[2H])C([2H])([2H])[2H])[C@H]3C)c2C)[C@H]1C. The summed E-state index contributed by atoms with van der Waals surface area (Å²) in [6.07, 6.45) is 12.1. The number of hydrogen-bond donors (Lipinski definition) is 0. The molecule has 0 saturated heterocycles. The van der Waals surface area contributed by atoms with E-state index in [0.29, 0.717) is 5.69 Å². The molecular formula is C94H124N16. The highest BCUT2D eigenvalue weighted by molar-refractivity contribution is 5.92. The van der Waals surface area contributed by atoms with Crippen LogP contribution in [0.4, 0.5) is 91.0 Å². The zero-order chi connectivity index (χ0) is 94.0. The molecule has 0 aromatic heterocycles. The van der Waals surface area contributed by atoms with Gasteiger partial charge in [0.25, 0.3) is 0 Å². The van der Waals surface area contributed by atoms with E-state index in [2.05, 4.69) is 242 Å². The van der Waals surface area contributed by atoms with Crippen LogP contribution in [0.15, 0.2) is 207 Å². The van der Waals surface area contributed by atoms with Gasteiger partial charge in [-0.1, -0.05) is 60.7 Å². The standard InChI is InChI=1S/C27H32N4.C25H28N4.C22H34N4.C20H30N4/c1-6-28-20(4)30(26-15-10-8-13-24(26)28)22-17-12-18-23(19(22)3)31-21(5)29(7-2)25-14-9-11-16-27(25)31;1-17-20(28-18(2)26(4)22-11-6-8-13-24(22)28)15-10-16-21(17)29-19(3)27(5)23-12-7-9-14-25(23)29;1-15(2)23-9-11-25(19(23)7)21-13-17(5)14-22(18(21)6)26-12-10-24(16(3)4)20(26)8;1-7-21-9-11-23(17(21)5)19-13-15(3)14-20(16(19)4)24-12-10-22(8-2)18(24)6/h8-18,20-21H,6-7H2,1-5H3;6-16,18-19H,1-5H3;9-16,19-20H,1-8H3;9-14,17-18H,7-8H2,1-6H3/t20-,21+;18-,19+;19-,20+;17-,18+/i;;1D3,2D3,3D3,15D,16D;1D3,7D2,8D2/t;;16?,19-,20+;m/m..11/s1. The van der Waals surface area contributed by atoms with Gasteiger partial charge in [-0.05, 0) is 282 Å². The van der Waals surface area contributed by atoms with Crippen LogP contribution in [-0.2, 0) is 0 Å². The maximum atomic E-state index is 8.57. The van der Waals surface area contributed by atoms with E-state index >= 15 is 0 Å². The molecule has 8 aliphatic heterocycles. The van der Waals surface area contributed by atoms with Crippen LogP contribution in [-0.4, -0.2) is 121 Å². The number of benzene rings is 8. The lowest BCUT2D eigenvalue weighted by Crippen LogP contribution is -2.41. The molecule has 0 aliphatic carbocycles. The molecule has 9 atom stereocenters. The lowest BCUT2D eigenvalue weighted by atomic mass is 10.1. The van der Waals surface area contributed by atoms with E-state index in [4.69, 9.17) is 24.7 Å². The van der Waals surface area contributed by atoms with E-state index in [0.717, 1.165) is 57.3 Å². The van der Waals surface area contributed by atoms with Gasteiger partial charge in [0.15, 0.2) is 0 Å². The van der Waals surface area contributed by atoms with Crippen LogP contribution in [0.1, 0.15) is 169 Å². The van der Waals surface area contributed by atoms with Crippen molar-refractivity contribution in [1.29, 1.82) is 0 Å². The third-order valence-corrected chi connectivity index (χ3v) is 23.6. The van der Waals surface area contributed by atoms with E-state index in [1.54, 1.807) is 61.6 Å². The number of anilines is 16. The third-order valence-electron chi connectivity index (χ3n) is 23.6. The lowest BCUT2D eigenvalue weighted by molar-refractivity contribution is 0.263. The minimum absolute atomic E-state index is 0.221. The van der Waals surface area contributed by atoms with Crippen LogP contribution in [0.5, 0.6) is 0 Å². The summed E-state index contributed by atoms with van der Waals surface area (Å²) in [6.45, 7) is 22.3. The molecule has 8 heterocycles. The van der Waals surface area contributed by atoms with Gasteiger partial charge in [0.05, 0.1) is 48.2 Å². The van der Waals surface area contributed by atoms with Crippen LogP contribution >= 0.6 is 0 Å². The van der Waals surface area contributed by atoms with Crippen molar-refractivity contribution in [2.24, 2.45) is 0 Å². The smallest absolute Gasteiger partial charge is 0.104 e. The van der Waals surface area contributed by atoms with Crippen molar-refractivity contribution >= 4 is 91.0 Å². The van der Waals surface area contributed by atoms with E-state index in [-0.39, 0.29) is 30.8 Å². The Bertz CT molecular complexity index is 5350. The summed E-state index contributed by atoms with van der Waals surface area (Å²) in [7, 11) is 4.35. The molecule has 16 rings (SSSR count). The second-order valence-corrected chi connectivity index (χ2v) is 29.7. The minimum Gasteiger partial charge on any atom is -0.356 e. The Hall–Kier alpha value is -10.5. The number of hydrogen-bond acceptors (Lipinski definition) is 16. The molecule has 8 aliphatic rings. The summed E-state index contributed by atoms with van der Waals surface area (Å²) in [4.78, 5) is 32.5. The number of rotatable bonds is 14. The van der Waals surface area contributed by atoms with Crippen LogP contribution < -0.4 is 58.8 Å². The molecule has 580 valence electrons. The average molecular weight is 1500 g/mol. The highest BCUT2D eigenvalue weighted by Crippen LogP contribution is 2.52. The van der Waals surface area contributed by atoms with Gasteiger partial charge in [-0.25, -0.2) is 0 Å². The van der Waals surface area contributed by atoms with E-state index in [9.17, 15) is 0 Å². The van der Waals surface area contributed by atoms with Crippen molar-refractivity contribution in [2.45, 2.75) is 213 Å². The van der Waals surface area contributed by atoms with Gasteiger partial charge in [0.2, 0.25) is 0 Å². The summed E-state index contributed by atoms with van der Waals surface area (Å²) in [5.41, 5.74) is 24.9. The molecule has 110 heavy (non-hydrogen) atoms. The van der Waals surface area contributed by atoms with E-state index in [1.807, 2.05) is 79.8 Å². The highest BCUT2D eigenvalue weighted by Gasteiger charge is 2.40. The van der Waals surface area contributed by atoms with Crippen LogP contribution in [0.25, 0.3) is 0 Å². The topological polar surface area (TPSA) is 51.8 Å². The molecule has 0 amide bonds. The molecular weight excluding hydrogens is 1350 g/mol. The number of aryl methyl sites for hydroxylation is 2. The Morgan fingerprint density at radius 2 is 0.600 bits per heavy atom. The summed E-state index contributed by atoms with van der Waals surface area (Å²) in [6, 6.07) is 51.5. The first kappa shape index (κ1) is 57.6. The molecule has 0 bridgehead atoms. The lowest BCUT2D eigenvalue weighted by Gasteiger charge is -2.36. The van der Waals surface area contributed by atoms with Crippen molar-refractivity contribution < 1.29 is 24.7 Å². The van der Waals surface area contributed by atoms with Gasteiger partial charge in [-0.3, -0.25) is 0 Å². The van der Waals surface area contributed by atoms with Crippen molar-refractivity contribution in [1.82, 2.24) is 19.6 Å². The molecule has 0 saturated carbocycles. The Labute approximate surface area is 685 Å². The molecule has 16 nitrogen and oxygen atoms in total. The van der Waals surface area contributed by atoms with Gasteiger partial charge in [0, 0.05) is 169 Å². The third kappa shape index (κ3) is 13.7. The quantitative estimate of drug-likeness (QED) is 0.104. The Morgan fingerprint density at radius 3 is 0.927 bits per heavy atom. The Morgan fingerprint density at radius 1 is 0.318 bits per heavy atom. The fourth-order valence-corrected chi connectivity index (χ4v) is 17.4. The number of nitrogens with zero attached hydrogens (tertiary/aromatic N) is 16. The summed E-state index contributed by atoms with van der Waals surface area (Å²) < 4.78 is 143. The second-order valence-electron chi connectivity index (χ2n) is 29.7. The molecule has 0 fully saturated rings. The maximum absolute atomic E-state index is 8.57. The van der Waals surface area contributed by atoms with Crippen molar-refractivity contribution in [3.63, 3.8) is 0 Å². The van der Waals surface area contributed by atoms with E-state index < -0.39 is 70.9 Å². The van der Waals surface area contributed by atoms with Crippen molar-refractivity contribution in [3.05, 3.63) is 241 Å². The first-order chi connectivity index (χ1) is 59.7. The first-order valence-corrected chi connectivity index (χ1v) is 38.7. The largest absolute Gasteiger partial charge is 0.356 e. The number of para-hydroxylation sites is 8. The molecule has 8 aromatic carbocycles. The van der Waals surface area contributed by atoms with Gasteiger partial charge in [-0.2, -0.15) is 0 Å². The molecule has 16 heteroatoms. The van der Waals surface area contributed by atoms with E-state index in [1.165, 1.54) is 115 Å². The molecule has 1 unspecified atom stereocenters. The summed E-state index contributed by atoms with van der Waals surface area (Å²) in [5, 5.41) is 0.